The summed E-state index contributed by atoms with van der Waals surface area (Å²) in [5.41, 5.74) is 1.33. The van der Waals surface area contributed by atoms with E-state index < -0.39 is 0 Å². The SMILES string of the molecule is CCC(C)(C)c1ccccc1OCCO. The topological polar surface area (TPSA) is 29.5 Å². The number of ether oxygens (including phenoxy) is 1. The van der Waals surface area contributed by atoms with E-state index in [2.05, 4.69) is 26.8 Å². The van der Waals surface area contributed by atoms with Crippen LogP contribution in [0.2, 0.25) is 0 Å². The number of hydrogen-bond donors (Lipinski definition) is 1. The summed E-state index contributed by atoms with van der Waals surface area (Å²) in [6, 6.07) is 8.04. The van der Waals surface area contributed by atoms with E-state index >= 15 is 0 Å². The number of para-hydroxylation sites is 1. The van der Waals surface area contributed by atoms with Crippen molar-refractivity contribution in [3.63, 3.8) is 0 Å². The average Bonchev–Trinajstić information content (AvgIpc) is 2.26. The highest BCUT2D eigenvalue weighted by Gasteiger charge is 2.21. The molecule has 0 atom stereocenters. The summed E-state index contributed by atoms with van der Waals surface area (Å²) in [6.07, 6.45) is 1.06. The summed E-state index contributed by atoms with van der Waals surface area (Å²) in [5, 5.41) is 8.75. The molecular formula is C13H20O2. The van der Waals surface area contributed by atoms with E-state index in [9.17, 15) is 0 Å². The molecule has 84 valence electrons. The molecule has 1 aromatic rings. The van der Waals surface area contributed by atoms with E-state index in [4.69, 9.17) is 9.84 Å². The molecule has 0 amide bonds. The number of aliphatic hydroxyl groups excluding tert-OH is 1. The Labute approximate surface area is 91.9 Å². The van der Waals surface area contributed by atoms with Crippen molar-refractivity contribution in [1.82, 2.24) is 0 Å². The molecule has 1 rings (SSSR count). The largest absolute Gasteiger partial charge is 0.491 e. The predicted octanol–water partition coefficient (Wildman–Crippen LogP) is 2.75. The van der Waals surface area contributed by atoms with E-state index in [-0.39, 0.29) is 12.0 Å². The molecule has 2 nitrogen and oxygen atoms in total. The number of benzene rings is 1. The highest BCUT2D eigenvalue weighted by Crippen LogP contribution is 2.33. The molecular weight excluding hydrogens is 188 g/mol. The third-order valence-corrected chi connectivity index (χ3v) is 2.85. The van der Waals surface area contributed by atoms with Gasteiger partial charge in [0.2, 0.25) is 0 Å². The lowest BCUT2D eigenvalue weighted by Gasteiger charge is -2.25. The average molecular weight is 208 g/mol. The zero-order chi connectivity index (χ0) is 11.3. The normalized spacial score (nSPS) is 11.5. The Kier molecular flexibility index (Phi) is 4.15. The van der Waals surface area contributed by atoms with Crippen LogP contribution < -0.4 is 4.74 Å². The zero-order valence-electron chi connectivity index (χ0n) is 9.79. The monoisotopic (exact) mass is 208 g/mol. The van der Waals surface area contributed by atoms with Gasteiger partial charge in [0.1, 0.15) is 12.4 Å². The number of hydrogen-bond acceptors (Lipinski definition) is 2. The van der Waals surface area contributed by atoms with Crippen molar-refractivity contribution in [3.8, 4) is 5.75 Å². The van der Waals surface area contributed by atoms with Gasteiger partial charge in [-0.25, -0.2) is 0 Å². The summed E-state index contributed by atoms with van der Waals surface area (Å²) in [4.78, 5) is 0. The van der Waals surface area contributed by atoms with Gasteiger partial charge in [-0.05, 0) is 23.5 Å². The van der Waals surface area contributed by atoms with Crippen molar-refractivity contribution in [2.24, 2.45) is 0 Å². The maximum absolute atomic E-state index is 8.75. The van der Waals surface area contributed by atoms with E-state index in [1.165, 1.54) is 5.56 Å². The van der Waals surface area contributed by atoms with E-state index in [1.807, 2.05) is 18.2 Å². The second-order valence-corrected chi connectivity index (χ2v) is 4.31. The first-order valence-corrected chi connectivity index (χ1v) is 5.45. The van der Waals surface area contributed by atoms with Crippen LogP contribution in [-0.4, -0.2) is 18.3 Å². The minimum atomic E-state index is 0.0564. The Morgan fingerprint density at radius 2 is 1.93 bits per heavy atom. The Bertz CT molecular complexity index is 305. The van der Waals surface area contributed by atoms with Crippen molar-refractivity contribution < 1.29 is 9.84 Å². The van der Waals surface area contributed by atoms with Gasteiger partial charge in [-0.2, -0.15) is 0 Å². The molecule has 0 aromatic heterocycles. The Balaban J connectivity index is 2.95. The van der Waals surface area contributed by atoms with Crippen molar-refractivity contribution in [1.29, 1.82) is 0 Å². The maximum atomic E-state index is 8.75. The zero-order valence-corrected chi connectivity index (χ0v) is 9.79. The summed E-state index contributed by atoms with van der Waals surface area (Å²) in [6.45, 7) is 6.99. The number of aliphatic hydroxyl groups is 1. The van der Waals surface area contributed by atoms with Gasteiger partial charge >= 0.3 is 0 Å². The van der Waals surface area contributed by atoms with Gasteiger partial charge in [0, 0.05) is 0 Å². The fourth-order valence-corrected chi connectivity index (χ4v) is 1.50. The van der Waals surface area contributed by atoms with Crippen molar-refractivity contribution >= 4 is 0 Å². The smallest absolute Gasteiger partial charge is 0.123 e. The van der Waals surface area contributed by atoms with Crippen LogP contribution in [0.15, 0.2) is 24.3 Å². The first kappa shape index (κ1) is 12.1. The van der Waals surface area contributed by atoms with Gasteiger partial charge in [0.15, 0.2) is 0 Å². The molecule has 1 aromatic carbocycles. The summed E-state index contributed by atoms with van der Waals surface area (Å²) in [5.74, 6) is 0.887. The van der Waals surface area contributed by atoms with Crippen LogP contribution in [0.3, 0.4) is 0 Å². The van der Waals surface area contributed by atoms with Crippen LogP contribution in [0, 0.1) is 0 Å². The maximum Gasteiger partial charge on any atom is 0.123 e. The molecule has 0 aliphatic rings. The van der Waals surface area contributed by atoms with Gasteiger partial charge in [-0.1, -0.05) is 39.0 Å². The first-order chi connectivity index (χ1) is 7.11. The van der Waals surface area contributed by atoms with Crippen LogP contribution in [0.4, 0.5) is 0 Å². The highest BCUT2D eigenvalue weighted by atomic mass is 16.5. The predicted molar refractivity (Wildman–Crippen MR) is 62.3 cm³/mol. The molecule has 0 aliphatic carbocycles. The Morgan fingerprint density at radius 1 is 1.27 bits per heavy atom. The molecule has 0 unspecified atom stereocenters. The molecule has 0 heterocycles. The summed E-state index contributed by atoms with van der Waals surface area (Å²) >= 11 is 0. The van der Waals surface area contributed by atoms with Gasteiger partial charge < -0.3 is 9.84 Å². The van der Waals surface area contributed by atoms with E-state index in [1.54, 1.807) is 0 Å². The van der Waals surface area contributed by atoms with Crippen LogP contribution in [0.1, 0.15) is 32.8 Å². The molecule has 0 spiro atoms. The van der Waals surface area contributed by atoms with Crippen LogP contribution in [0.25, 0.3) is 0 Å². The van der Waals surface area contributed by atoms with Crippen LogP contribution in [0.5, 0.6) is 5.75 Å². The van der Waals surface area contributed by atoms with Gasteiger partial charge in [0.05, 0.1) is 6.61 Å². The molecule has 0 fully saturated rings. The Morgan fingerprint density at radius 3 is 2.53 bits per heavy atom. The van der Waals surface area contributed by atoms with E-state index in [0.29, 0.717) is 6.61 Å². The quantitative estimate of drug-likeness (QED) is 0.806. The second-order valence-electron chi connectivity index (χ2n) is 4.31. The highest BCUT2D eigenvalue weighted by molar-refractivity contribution is 5.38. The molecule has 0 saturated heterocycles. The minimum Gasteiger partial charge on any atom is -0.491 e. The molecule has 15 heavy (non-hydrogen) atoms. The fraction of sp³-hybridized carbons (Fsp3) is 0.538. The summed E-state index contributed by atoms with van der Waals surface area (Å²) < 4.78 is 5.52. The molecule has 0 bridgehead atoms. The summed E-state index contributed by atoms with van der Waals surface area (Å²) in [7, 11) is 0. The Hall–Kier alpha value is -1.02. The fourth-order valence-electron chi connectivity index (χ4n) is 1.50. The minimum absolute atomic E-state index is 0.0564. The van der Waals surface area contributed by atoms with Crippen LogP contribution in [-0.2, 0) is 5.41 Å². The molecule has 2 heteroatoms. The lowest BCUT2D eigenvalue weighted by Crippen LogP contribution is -2.17. The van der Waals surface area contributed by atoms with Crippen molar-refractivity contribution in [3.05, 3.63) is 29.8 Å². The third kappa shape index (κ3) is 2.96. The molecule has 0 radical (unpaired) electrons. The molecule has 0 saturated carbocycles. The second kappa shape index (κ2) is 5.17. The van der Waals surface area contributed by atoms with Crippen molar-refractivity contribution in [2.45, 2.75) is 32.6 Å². The van der Waals surface area contributed by atoms with Gasteiger partial charge in [0.25, 0.3) is 0 Å². The standard InChI is InChI=1S/C13H20O2/c1-4-13(2,3)11-7-5-6-8-12(11)15-10-9-14/h5-8,14H,4,9-10H2,1-3H3. The first-order valence-electron chi connectivity index (χ1n) is 5.45. The van der Waals surface area contributed by atoms with Crippen molar-refractivity contribution in [2.75, 3.05) is 13.2 Å². The third-order valence-electron chi connectivity index (χ3n) is 2.85. The lowest BCUT2D eigenvalue weighted by atomic mass is 9.82. The molecule has 0 aliphatic heterocycles. The van der Waals surface area contributed by atoms with Gasteiger partial charge in [-0.15, -0.1) is 0 Å². The lowest BCUT2D eigenvalue weighted by molar-refractivity contribution is 0.198. The van der Waals surface area contributed by atoms with Gasteiger partial charge in [-0.3, -0.25) is 0 Å². The number of rotatable bonds is 5. The van der Waals surface area contributed by atoms with Crippen LogP contribution >= 0.6 is 0 Å². The molecule has 1 N–H and O–H groups in total. The van der Waals surface area contributed by atoms with E-state index in [0.717, 1.165) is 12.2 Å².